The zero-order valence-electron chi connectivity index (χ0n) is 18.0. The van der Waals surface area contributed by atoms with Crippen molar-refractivity contribution in [3.63, 3.8) is 0 Å². The summed E-state index contributed by atoms with van der Waals surface area (Å²) in [5.74, 6) is -0.797. The van der Waals surface area contributed by atoms with Crippen molar-refractivity contribution in [3.05, 3.63) is 56.7 Å². The summed E-state index contributed by atoms with van der Waals surface area (Å²) in [6.45, 7) is 13.4. The standard InChI is InChI=1S/C23H27ClN2O3/c1-13-8-9-17(24)19(15(13)12-27)21(28)29-20-14(11-25)16(22(2,3)4)10-18(26-20)23(5,6)7/h8-10,27H,12H2,1-7H3. The number of carbonyl (C=O) groups excluding carboxylic acids is 1. The van der Waals surface area contributed by atoms with Crippen molar-refractivity contribution >= 4 is 17.6 Å². The van der Waals surface area contributed by atoms with Gasteiger partial charge in [-0.3, -0.25) is 0 Å². The number of esters is 1. The highest BCUT2D eigenvalue weighted by molar-refractivity contribution is 6.33. The molecule has 154 valence electrons. The zero-order valence-corrected chi connectivity index (χ0v) is 18.7. The van der Waals surface area contributed by atoms with Crippen molar-refractivity contribution < 1.29 is 14.6 Å². The first-order valence-electron chi connectivity index (χ1n) is 9.38. The number of pyridine rings is 1. The summed E-state index contributed by atoms with van der Waals surface area (Å²) in [4.78, 5) is 17.5. The molecule has 0 saturated heterocycles. The summed E-state index contributed by atoms with van der Waals surface area (Å²) in [5.41, 5.74) is 2.20. The van der Waals surface area contributed by atoms with E-state index >= 15 is 0 Å². The number of hydrogen-bond acceptors (Lipinski definition) is 5. The average Bonchev–Trinajstić information content (AvgIpc) is 2.60. The van der Waals surface area contributed by atoms with Crippen molar-refractivity contribution in [2.45, 2.75) is 65.9 Å². The minimum Gasteiger partial charge on any atom is -0.402 e. The Bertz CT molecular complexity index is 993. The average molecular weight is 415 g/mol. The summed E-state index contributed by atoms with van der Waals surface area (Å²) >= 11 is 6.23. The molecular formula is C23H27ClN2O3. The van der Waals surface area contributed by atoms with Gasteiger partial charge >= 0.3 is 5.97 Å². The summed E-state index contributed by atoms with van der Waals surface area (Å²) < 4.78 is 5.60. The molecule has 2 aromatic rings. The molecular weight excluding hydrogens is 388 g/mol. The molecule has 0 aliphatic carbocycles. The van der Waals surface area contributed by atoms with Crippen LogP contribution in [0.15, 0.2) is 18.2 Å². The predicted molar refractivity (Wildman–Crippen MR) is 113 cm³/mol. The lowest BCUT2D eigenvalue weighted by Crippen LogP contribution is -2.22. The molecule has 2 rings (SSSR count). The molecule has 5 nitrogen and oxygen atoms in total. The number of halogens is 1. The Hall–Kier alpha value is -2.42. The van der Waals surface area contributed by atoms with Gasteiger partial charge in [-0.25, -0.2) is 9.78 Å². The number of aliphatic hydroxyl groups excluding tert-OH is 1. The number of aliphatic hydroxyl groups is 1. The number of hydrogen-bond donors (Lipinski definition) is 1. The first kappa shape index (κ1) is 22.9. The van der Waals surface area contributed by atoms with Crippen LogP contribution in [0, 0.1) is 18.3 Å². The second-order valence-electron chi connectivity index (χ2n) is 9.11. The third kappa shape index (κ3) is 4.77. The lowest BCUT2D eigenvalue weighted by molar-refractivity contribution is 0.0722. The van der Waals surface area contributed by atoms with E-state index in [0.29, 0.717) is 11.3 Å². The second-order valence-corrected chi connectivity index (χ2v) is 9.52. The number of nitriles is 1. The molecule has 0 fully saturated rings. The molecule has 0 spiro atoms. The van der Waals surface area contributed by atoms with Gasteiger partial charge in [0.15, 0.2) is 0 Å². The van der Waals surface area contributed by atoms with E-state index in [1.807, 2.05) is 47.6 Å². The van der Waals surface area contributed by atoms with Gasteiger partial charge in [-0.2, -0.15) is 5.26 Å². The molecule has 1 N–H and O–H groups in total. The van der Waals surface area contributed by atoms with Gasteiger partial charge in [0.05, 0.1) is 22.9 Å². The third-order valence-electron chi connectivity index (χ3n) is 4.72. The quantitative estimate of drug-likeness (QED) is 0.696. The monoisotopic (exact) mass is 414 g/mol. The van der Waals surface area contributed by atoms with Crippen LogP contribution in [-0.4, -0.2) is 16.1 Å². The lowest BCUT2D eigenvalue weighted by atomic mass is 9.81. The molecule has 29 heavy (non-hydrogen) atoms. The minimum atomic E-state index is -0.752. The van der Waals surface area contributed by atoms with Crippen LogP contribution in [0.2, 0.25) is 5.02 Å². The normalized spacial score (nSPS) is 11.9. The van der Waals surface area contributed by atoms with Crippen LogP contribution < -0.4 is 4.74 Å². The van der Waals surface area contributed by atoms with Gasteiger partial charge in [0.2, 0.25) is 5.88 Å². The Morgan fingerprint density at radius 1 is 1.21 bits per heavy atom. The number of carbonyl (C=O) groups is 1. The van der Waals surface area contributed by atoms with E-state index in [4.69, 9.17) is 16.3 Å². The van der Waals surface area contributed by atoms with E-state index in [1.54, 1.807) is 19.1 Å². The van der Waals surface area contributed by atoms with Gasteiger partial charge in [-0.15, -0.1) is 0 Å². The molecule has 6 heteroatoms. The van der Waals surface area contributed by atoms with Crippen LogP contribution in [0.25, 0.3) is 0 Å². The number of aromatic nitrogens is 1. The highest BCUT2D eigenvalue weighted by atomic mass is 35.5. The fourth-order valence-corrected chi connectivity index (χ4v) is 3.22. The summed E-state index contributed by atoms with van der Waals surface area (Å²) in [5, 5.41) is 19.7. The fourth-order valence-electron chi connectivity index (χ4n) is 2.97. The first-order valence-corrected chi connectivity index (χ1v) is 9.76. The highest BCUT2D eigenvalue weighted by Crippen LogP contribution is 2.35. The van der Waals surface area contributed by atoms with E-state index in [-0.39, 0.29) is 39.5 Å². The number of ether oxygens (including phenoxy) is 1. The van der Waals surface area contributed by atoms with Crippen LogP contribution in [0.4, 0.5) is 0 Å². The maximum absolute atomic E-state index is 13.0. The number of nitrogens with zero attached hydrogens (tertiary/aromatic N) is 2. The summed E-state index contributed by atoms with van der Waals surface area (Å²) in [7, 11) is 0. The molecule has 0 aliphatic heterocycles. The molecule has 0 saturated carbocycles. The number of rotatable bonds is 3. The smallest absolute Gasteiger partial charge is 0.346 e. The van der Waals surface area contributed by atoms with Crippen LogP contribution in [-0.2, 0) is 17.4 Å². The predicted octanol–water partition coefficient (Wildman–Crippen LogP) is 5.22. The van der Waals surface area contributed by atoms with E-state index in [2.05, 4.69) is 11.1 Å². The van der Waals surface area contributed by atoms with Crippen molar-refractivity contribution in [1.29, 1.82) is 5.26 Å². The Kier molecular flexibility index (Phi) is 6.42. The maximum Gasteiger partial charge on any atom is 0.346 e. The van der Waals surface area contributed by atoms with Crippen molar-refractivity contribution in [3.8, 4) is 11.9 Å². The molecule has 0 aliphatic rings. The molecule has 0 radical (unpaired) electrons. The largest absolute Gasteiger partial charge is 0.402 e. The van der Waals surface area contributed by atoms with E-state index in [9.17, 15) is 15.2 Å². The van der Waals surface area contributed by atoms with Crippen LogP contribution >= 0.6 is 11.6 Å². The molecule has 1 aromatic heterocycles. The van der Waals surface area contributed by atoms with Crippen LogP contribution in [0.3, 0.4) is 0 Å². The SMILES string of the molecule is Cc1ccc(Cl)c(C(=O)Oc2nc(C(C)(C)C)cc(C(C)(C)C)c2C#N)c1CO. The molecule has 1 heterocycles. The first-order chi connectivity index (χ1) is 13.3. The van der Waals surface area contributed by atoms with Crippen LogP contribution in [0.5, 0.6) is 5.88 Å². The molecule has 0 amide bonds. The number of benzene rings is 1. The Morgan fingerprint density at radius 2 is 1.83 bits per heavy atom. The van der Waals surface area contributed by atoms with Gasteiger partial charge in [-0.1, -0.05) is 59.2 Å². The third-order valence-corrected chi connectivity index (χ3v) is 5.04. The van der Waals surface area contributed by atoms with Gasteiger partial charge in [0, 0.05) is 5.41 Å². The lowest BCUT2D eigenvalue weighted by Gasteiger charge is -2.26. The topological polar surface area (TPSA) is 83.2 Å². The van der Waals surface area contributed by atoms with E-state index in [1.165, 1.54) is 0 Å². The van der Waals surface area contributed by atoms with Crippen molar-refractivity contribution in [2.24, 2.45) is 0 Å². The van der Waals surface area contributed by atoms with Crippen molar-refractivity contribution in [2.75, 3.05) is 0 Å². The zero-order chi connectivity index (χ0) is 22.1. The maximum atomic E-state index is 13.0. The van der Waals surface area contributed by atoms with Gasteiger partial charge in [-0.05, 0) is 41.2 Å². The van der Waals surface area contributed by atoms with Gasteiger partial charge in [0.1, 0.15) is 11.6 Å². The van der Waals surface area contributed by atoms with Gasteiger partial charge < -0.3 is 9.84 Å². The molecule has 0 unspecified atom stereocenters. The molecule has 0 atom stereocenters. The van der Waals surface area contributed by atoms with Crippen molar-refractivity contribution in [1.82, 2.24) is 4.98 Å². The van der Waals surface area contributed by atoms with E-state index < -0.39 is 5.97 Å². The van der Waals surface area contributed by atoms with E-state index in [0.717, 1.165) is 11.1 Å². The highest BCUT2D eigenvalue weighted by Gasteiger charge is 2.29. The second kappa shape index (κ2) is 8.14. The number of aryl methyl sites for hydroxylation is 1. The minimum absolute atomic E-state index is 0.0451. The Balaban J connectivity index is 2.69. The van der Waals surface area contributed by atoms with Gasteiger partial charge in [0.25, 0.3) is 0 Å². The Morgan fingerprint density at radius 3 is 2.31 bits per heavy atom. The molecule has 0 bridgehead atoms. The molecule has 1 aromatic carbocycles. The fraction of sp³-hybridized carbons (Fsp3) is 0.435. The van der Waals surface area contributed by atoms with Crippen LogP contribution in [0.1, 0.15) is 79.8 Å². The summed E-state index contributed by atoms with van der Waals surface area (Å²) in [6.07, 6.45) is 0. The Labute approximate surface area is 177 Å². The summed E-state index contributed by atoms with van der Waals surface area (Å²) in [6, 6.07) is 7.34.